The highest BCUT2D eigenvalue weighted by atomic mass is 32.2. The van der Waals surface area contributed by atoms with Gasteiger partial charge in [0, 0.05) is 29.9 Å². The Morgan fingerprint density at radius 2 is 1.62 bits per heavy atom. The normalized spacial score (nSPS) is 18.6. The summed E-state index contributed by atoms with van der Waals surface area (Å²) in [6, 6.07) is 16.7. The number of amides is 2. The molecule has 0 saturated carbocycles. The molecule has 2 aliphatic heterocycles. The molecule has 2 heterocycles. The number of benzene rings is 3. The molecule has 37 heavy (non-hydrogen) atoms. The molecule has 3 aromatic rings. The van der Waals surface area contributed by atoms with E-state index in [1.165, 1.54) is 45.6 Å². The topological polar surface area (TPSA) is 86.8 Å². The quantitative estimate of drug-likeness (QED) is 0.548. The molecule has 0 aromatic heterocycles. The summed E-state index contributed by atoms with van der Waals surface area (Å²) in [7, 11) is -3.64. The van der Waals surface area contributed by atoms with Crippen LogP contribution in [0.1, 0.15) is 52.4 Å². The van der Waals surface area contributed by atoms with Gasteiger partial charge < -0.3 is 10.2 Å². The third-order valence-electron chi connectivity index (χ3n) is 6.90. The van der Waals surface area contributed by atoms with Crippen molar-refractivity contribution in [1.82, 2.24) is 9.21 Å². The van der Waals surface area contributed by atoms with E-state index in [9.17, 15) is 22.4 Å². The summed E-state index contributed by atoms with van der Waals surface area (Å²) in [6.45, 7) is 2.68. The number of hydrogen-bond acceptors (Lipinski definition) is 4. The van der Waals surface area contributed by atoms with Crippen molar-refractivity contribution in [3.8, 4) is 0 Å². The Balaban J connectivity index is 1.53. The van der Waals surface area contributed by atoms with Crippen LogP contribution in [0.5, 0.6) is 0 Å². The Hall–Kier alpha value is -3.56. The maximum atomic E-state index is 13.8. The molecule has 1 atom stereocenters. The molecule has 1 fully saturated rings. The van der Waals surface area contributed by atoms with Crippen LogP contribution >= 0.6 is 0 Å². The highest BCUT2D eigenvalue weighted by Crippen LogP contribution is 2.37. The number of nitrogens with one attached hydrogen (secondary N) is 1. The molecule has 2 amide bonds. The molecule has 1 saturated heterocycles. The lowest BCUT2D eigenvalue weighted by Crippen LogP contribution is -2.39. The minimum absolute atomic E-state index is 0.135. The van der Waals surface area contributed by atoms with Gasteiger partial charge in [0.05, 0.1) is 10.9 Å². The Bertz CT molecular complexity index is 1430. The zero-order chi connectivity index (χ0) is 26.2. The number of sulfonamides is 1. The van der Waals surface area contributed by atoms with E-state index in [2.05, 4.69) is 5.32 Å². The van der Waals surface area contributed by atoms with Gasteiger partial charge >= 0.3 is 0 Å². The van der Waals surface area contributed by atoms with Gasteiger partial charge in [0.25, 0.3) is 5.91 Å². The fraction of sp³-hybridized carbons (Fsp3) is 0.286. The summed E-state index contributed by atoms with van der Waals surface area (Å²) in [5, 5.41) is 2.87. The van der Waals surface area contributed by atoms with E-state index in [-0.39, 0.29) is 22.9 Å². The van der Waals surface area contributed by atoms with Crippen LogP contribution in [0.15, 0.2) is 71.6 Å². The molecule has 9 heteroatoms. The van der Waals surface area contributed by atoms with E-state index in [1.807, 2.05) is 19.1 Å². The van der Waals surface area contributed by atoms with Gasteiger partial charge in [-0.1, -0.05) is 36.2 Å². The first kappa shape index (κ1) is 25.1. The molecule has 0 unspecified atom stereocenters. The lowest BCUT2D eigenvalue weighted by atomic mass is 9.94. The van der Waals surface area contributed by atoms with Crippen molar-refractivity contribution in [2.75, 3.05) is 25.0 Å². The smallest absolute Gasteiger partial charge is 0.255 e. The molecule has 192 valence electrons. The summed E-state index contributed by atoms with van der Waals surface area (Å²) in [4.78, 5) is 28.2. The van der Waals surface area contributed by atoms with Crippen LogP contribution in [0, 0.1) is 12.7 Å². The van der Waals surface area contributed by atoms with E-state index in [0.717, 1.165) is 30.4 Å². The third-order valence-corrected chi connectivity index (χ3v) is 8.81. The number of hydrogen-bond donors (Lipinski definition) is 1. The highest BCUT2D eigenvalue weighted by molar-refractivity contribution is 7.89. The standard InChI is InChI=1S/C28H28FN3O4S/c1-19-5-14-25-24(17-19)27(20-6-10-22(29)11-7-20)32(18-26(33)30-25)28(34)21-8-12-23(13-9-21)37(35,36)31-15-3-2-4-16-31/h5-14,17,27H,2-4,15-16,18H2,1H3,(H,30,33)/t27-/m1/s1. The van der Waals surface area contributed by atoms with Crippen molar-refractivity contribution in [2.24, 2.45) is 0 Å². The monoisotopic (exact) mass is 521 g/mol. The van der Waals surface area contributed by atoms with Crippen LogP contribution in [-0.4, -0.2) is 49.1 Å². The number of rotatable bonds is 4. The van der Waals surface area contributed by atoms with Crippen molar-refractivity contribution in [3.05, 3.63) is 94.8 Å². The van der Waals surface area contributed by atoms with Crippen LogP contribution in [0.3, 0.4) is 0 Å². The van der Waals surface area contributed by atoms with E-state index in [0.29, 0.717) is 24.3 Å². The van der Waals surface area contributed by atoms with E-state index < -0.39 is 27.8 Å². The molecule has 2 aliphatic rings. The largest absolute Gasteiger partial charge is 0.324 e. The second kappa shape index (κ2) is 10.1. The predicted molar refractivity (Wildman–Crippen MR) is 138 cm³/mol. The van der Waals surface area contributed by atoms with E-state index in [4.69, 9.17) is 0 Å². The molecule has 0 aliphatic carbocycles. The molecule has 0 spiro atoms. The van der Waals surface area contributed by atoms with Crippen LogP contribution in [0.2, 0.25) is 0 Å². The Morgan fingerprint density at radius 1 is 0.946 bits per heavy atom. The zero-order valence-corrected chi connectivity index (χ0v) is 21.3. The lowest BCUT2D eigenvalue weighted by molar-refractivity contribution is -0.117. The van der Waals surface area contributed by atoms with Gasteiger partial charge in [-0.05, 0) is 67.8 Å². The zero-order valence-electron chi connectivity index (χ0n) is 20.5. The van der Waals surface area contributed by atoms with Gasteiger partial charge in [0.15, 0.2) is 0 Å². The summed E-state index contributed by atoms with van der Waals surface area (Å²) in [5.41, 5.74) is 3.16. The van der Waals surface area contributed by atoms with Crippen molar-refractivity contribution in [2.45, 2.75) is 37.1 Å². The number of nitrogens with zero attached hydrogens (tertiary/aromatic N) is 2. The average molecular weight is 522 g/mol. The van der Waals surface area contributed by atoms with Gasteiger partial charge in [-0.3, -0.25) is 9.59 Å². The summed E-state index contributed by atoms with van der Waals surface area (Å²) in [5.74, 6) is -1.19. The minimum Gasteiger partial charge on any atom is -0.324 e. The number of piperidine rings is 1. The number of carbonyl (C=O) groups is 2. The Kier molecular flexibility index (Phi) is 6.83. The molecule has 5 rings (SSSR count). The molecule has 7 nitrogen and oxygen atoms in total. The summed E-state index contributed by atoms with van der Waals surface area (Å²) < 4.78 is 41.3. The SMILES string of the molecule is Cc1ccc2c(c1)[C@@H](c1ccc(F)cc1)N(C(=O)c1ccc(S(=O)(=O)N3CCCCC3)cc1)CC(=O)N2. The van der Waals surface area contributed by atoms with E-state index >= 15 is 0 Å². The van der Waals surface area contributed by atoms with Crippen molar-refractivity contribution >= 4 is 27.5 Å². The molecular formula is C28H28FN3O4S. The Morgan fingerprint density at radius 3 is 2.30 bits per heavy atom. The number of halogens is 1. The number of carbonyl (C=O) groups excluding carboxylic acids is 2. The van der Waals surface area contributed by atoms with Gasteiger partial charge in [0.2, 0.25) is 15.9 Å². The van der Waals surface area contributed by atoms with Crippen molar-refractivity contribution < 1.29 is 22.4 Å². The summed E-state index contributed by atoms with van der Waals surface area (Å²) >= 11 is 0. The lowest BCUT2D eigenvalue weighted by Gasteiger charge is -2.31. The van der Waals surface area contributed by atoms with Crippen LogP contribution in [0.25, 0.3) is 0 Å². The maximum Gasteiger partial charge on any atom is 0.255 e. The average Bonchev–Trinajstić information content (AvgIpc) is 3.05. The van der Waals surface area contributed by atoms with Crippen molar-refractivity contribution in [1.29, 1.82) is 0 Å². The van der Waals surface area contributed by atoms with E-state index in [1.54, 1.807) is 18.2 Å². The maximum absolute atomic E-state index is 13.8. The van der Waals surface area contributed by atoms with Crippen LogP contribution in [0.4, 0.5) is 10.1 Å². The van der Waals surface area contributed by atoms with Gasteiger partial charge in [0.1, 0.15) is 12.4 Å². The van der Waals surface area contributed by atoms with Crippen molar-refractivity contribution in [3.63, 3.8) is 0 Å². The van der Waals surface area contributed by atoms with Gasteiger partial charge in [-0.25, -0.2) is 12.8 Å². The molecule has 1 N–H and O–H groups in total. The second-order valence-electron chi connectivity index (χ2n) is 9.52. The van der Waals surface area contributed by atoms with Gasteiger partial charge in [-0.2, -0.15) is 4.31 Å². The fourth-order valence-electron chi connectivity index (χ4n) is 5.01. The minimum atomic E-state index is -3.64. The summed E-state index contributed by atoms with van der Waals surface area (Å²) in [6.07, 6.45) is 2.68. The van der Waals surface area contributed by atoms with Gasteiger partial charge in [-0.15, -0.1) is 0 Å². The predicted octanol–water partition coefficient (Wildman–Crippen LogP) is 4.49. The third kappa shape index (κ3) is 5.01. The van der Waals surface area contributed by atoms with Crippen LogP contribution < -0.4 is 5.32 Å². The molecule has 0 radical (unpaired) electrons. The highest BCUT2D eigenvalue weighted by Gasteiger charge is 2.34. The fourth-order valence-corrected chi connectivity index (χ4v) is 6.53. The first-order valence-electron chi connectivity index (χ1n) is 12.3. The molecular weight excluding hydrogens is 493 g/mol. The Labute approximate surface area is 216 Å². The van der Waals surface area contributed by atoms with Crippen LogP contribution in [-0.2, 0) is 14.8 Å². The number of fused-ring (bicyclic) bond motifs is 1. The molecule has 3 aromatic carbocycles. The first-order chi connectivity index (χ1) is 17.7. The number of aryl methyl sites for hydroxylation is 1. The second-order valence-corrected chi connectivity index (χ2v) is 11.5. The number of anilines is 1. The first-order valence-corrected chi connectivity index (χ1v) is 13.7. The molecule has 0 bridgehead atoms.